The van der Waals surface area contributed by atoms with Crippen LogP contribution < -0.4 is 10.2 Å². The average Bonchev–Trinajstić information content (AvgIpc) is 2.81. The molecule has 3 aromatic rings. The highest BCUT2D eigenvalue weighted by Crippen LogP contribution is 2.26. The molecule has 0 saturated carbocycles. The highest BCUT2D eigenvalue weighted by molar-refractivity contribution is 6.70. The molecule has 5 nitrogen and oxygen atoms in total. The van der Waals surface area contributed by atoms with Gasteiger partial charge >= 0.3 is 0 Å². The van der Waals surface area contributed by atoms with Gasteiger partial charge in [-0.05, 0) is 56.7 Å². The third kappa shape index (κ3) is 5.42. The van der Waals surface area contributed by atoms with E-state index in [1.54, 1.807) is 48.5 Å². The Kier molecular flexibility index (Phi) is 7.79. The highest BCUT2D eigenvalue weighted by atomic mass is 35.5. The first-order valence-electron chi connectivity index (χ1n) is 10.5. The predicted molar refractivity (Wildman–Crippen MR) is 133 cm³/mol. The standard InChI is InChI=1S/C26H26ClN3O2/c1-4-30(5-2)20-15-16-22(18(3)17-20)28-24(25(31)19-11-7-6-8-12-19)26(32)29-23-14-10-9-13-21(23)27/h6-17H,4-5H2,1-3H3,(H,29,32). The minimum atomic E-state index is -0.612. The molecule has 0 saturated heterocycles. The fraction of sp³-hybridized carbons (Fsp3) is 0.192. The maximum Gasteiger partial charge on any atom is 0.278 e. The maximum atomic E-state index is 13.2. The van der Waals surface area contributed by atoms with Crippen LogP contribution in [-0.4, -0.2) is 30.5 Å². The van der Waals surface area contributed by atoms with Crippen LogP contribution in [-0.2, 0) is 4.79 Å². The smallest absolute Gasteiger partial charge is 0.278 e. The molecule has 0 aliphatic heterocycles. The van der Waals surface area contributed by atoms with Crippen molar-refractivity contribution in [2.24, 2.45) is 4.99 Å². The second-order valence-corrected chi connectivity index (χ2v) is 7.64. The zero-order chi connectivity index (χ0) is 23.1. The van der Waals surface area contributed by atoms with Gasteiger partial charge in [-0.3, -0.25) is 9.59 Å². The van der Waals surface area contributed by atoms with Gasteiger partial charge in [-0.25, -0.2) is 4.99 Å². The van der Waals surface area contributed by atoms with Crippen molar-refractivity contribution in [1.29, 1.82) is 0 Å². The number of rotatable bonds is 8. The van der Waals surface area contributed by atoms with Gasteiger partial charge in [0.05, 0.1) is 16.4 Å². The summed E-state index contributed by atoms with van der Waals surface area (Å²) >= 11 is 6.19. The van der Waals surface area contributed by atoms with Crippen molar-refractivity contribution in [2.75, 3.05) is 23.3 Å². The molecule has 0 unspecified atom stereocenters. The lowest BCUT2D eigenvalue weighted by molar-refractivity contribution is -0.110. The van der Waals surface area contributed by atoms with E-state index < -0.39 is 11.7 Å². The molecule has 0 heterocycles. The van der Waals surface area contributed by atoms with Gasteiger partial charge in [-0.1, -0.05) is 54.1 Å². The number of hydrogen-bond acceptors (Lipinski definition) is 4. The molecule has 6 heteroatoms. The molecule has 0 spiro atoms. The summed E-state index contributed by atoms with van der Waals surface area (Å²) in [5.41, 5.74) is 3.12. The number of nitrogens with zero attached hydrogens (tertiary/aromatic N) is 2. The molecular weight excluding hydrogens is 422 g/mol. The van der Waals surface area contributed by atoms with Gasteiger partial charge in [0.1, 0.15) is 0 Å². The SMILES string of the molecule is CCN(CC)c1ccc(N=C(C(=O)Nc2ccccc2Cl)C(=O)c2ccccc2)c(C)c1. The molecule has 3 rings (SSSR count). The van der Waals surface area contributed by atoms with E-state index in [1.165, 1.54) is 0 Å². The van der Waals surface area contributed by atoms with E-state index >= 15 is 0 Å². The largest absolute Gasteiger partial charge is 0.372 e. The molecule has 0 aromatic heterocycles. The van der Waals surface area contributed by atoms with Crippen molar-refractivity contribution in [3.05, 3.63) is 88.9 Å². The van der Waals surface area contributed by atoms with Crippen LogP contribution >= 0.6 is 11.6 Å². The van der Waals surface area contributed by atoms with Crippen molar-refractivity contribution in [3.63, 3.8) is 0 Å². The van der Waals surface area contributed by atoms with Crippen LogP contribution in [0.1, 0.15) is 29.8 Å². The molecule has 0 radical (unpaired) electrons. The van der Waals surface area contributed by atoms with Gasteiger partial charge in [0.15, 0.2) is 5.71 Å². The van der Waals surface area contributed by atoms with E-state index in [0.29, 0.717) is 22.0 Å². The summed E-state index contributed by atoms with van der Waals surface area (Å²) in [6.45, 7) is 7.89. The number of anilines is 2. The molecular formula is C26H26ClN3O2. The summed E-state index contributed by atoms with van der Waals surface area (Å²) in [6, 6.07) is 21.3. The zero-order valence-corrected chi connectivity index (χ0v) is 19.2. The molecule has 0 bridgehead atoms. The van der Waals surface area contributed by atoms with Crippen molar-refractivity contribution >= 4 is 46.1 Å². The topological polar surface area (TPSA) is 61.8 Å². The Morgan fingerprint density at radius 3 is 2.22 bits per heavy atom. The van der Waals surface area contributed by atoms with Crippen LogP contribution in [0, 0.1) is 6.92 Å². The highest BCUT2D eigenvalue weighted by Gasteiger charge is 2.23. The normalized spacial score (nSPS) is 11.2. The molecule has 0 aliphatic rings. The second-order valence-electron chi connectivity index (χ2n) is 7.23. The fourth-order valence-electron chi connectivity index (χ4n) is 3.35. The first kappa shape index (κ1) is 23.2. The van der Waals surface area contributed by atoms with Crippen molar-refractivity contribution in [2.45, 2.75) is 20.8 Å². The van der Waals surface area contributed by atoms with Gasteiger partial charge in [-0.2, -0.15) is 0 Å². The van der Waals surface area contributed by atoms with E-state index in [2.05, 4.69) is 29.1 Å². The molecule has 0 atom stereocenters. The lowest BCUT2D eigenvalue weighted by atomic mass is 10.1. The summed E-state index contributed by atoms with van der Waals surface area (Å²) in [5, 5.41) is 3.10. The van der Waals surface area contributed by atoms with E-state index in [0.717, 1.165) is 24.3 Å². The monoisotopic (exact) mass is 447 g/mol. The van der Waals surface area contributed by atoms with Crippen LogP contribution in [0.2, 0.25) is 5.02 Å². The summed E-state index contributed by atoms with van der Waals surface area (Å²) in [4.78, 5) is 33.1. The Morgan fingerprint density at radius 1 is 0.938 bits per heavy atom. The van der Waals surface area contributed by atoms with E-state index in [-0.39, 0.29) is 5.71 Å². The number of para-hydroxylation sites is 1. The number of carbonyl (C=O) groups excluding carboxylic acids is 2. The Hall–Kier alpha value is -3.44. The van der Waals surface area contributed by atoms with Gasteiger partial charge in [0.2, 0.25) is 5.78 Å². The lowest BCUT2D eigenvalue weighted by Crippen LogP contribution is -2.30. The van der Waals surface area contributed by atoms with Crippen LogP contribution in [0.3, 0.4) is 0 Å². The number of hydrogen-bond donors (Lipinski definition) is 1. The quantitative estimate of drug-likeness (QED) is 0.258. The van der Waals surface area contributed by atoms with Gasteiger partial charge in [0, 0.05) is 24.3 Å². The van der Waals surface area contributed by atoms with Crippen LogP contribution in [0.5, 0.6) is 0 Å². The molecule has 164 valence electrons. The minimum absolute atomic E-state index is 0.199. The molecule has 1 amide bonds. The third-order valence-corrected chi connectivity index (χ3v) is 5.46. The van der Waals surface area contributed by atoms with Crippen LogP contribution in [0.4, 0.5) is 17.1 Å². The van der Waals surface area contributed by atoms with Gasteiger partial charge in [0.25, 0.3) is 5.91 Å². The Labute approximate surface area is 193 Å². The predicted octanol–water partition coefficient (Wildman–Crippen LogP) is 6.09. The number of halogens is 1. The summed E-state index contributed by atoms with van der Waals surface area (Å²) in [5.74, 6) is -1.07. The van der Waals surface area contributed by atoms with E-state index in [1.807, 2.05) is 31.2 Å². The number of carbonyl (C=O) groups is 2. The van der Waals surface area contributed by atoms with Crippen molar-refractivity contribution in [3.8, 4) is 0 Å². The van der Waals surface area contributed by atoms with E-state index in [9.17, 15) is 9.59 Å². The van der Waals surface area contributed by atoms with Gasteiger partial charge < -0.3 is 10.2 Å². The number of aliphatic imine (C=N–C) groups is 1. The number of ketones is 1. The molecule has 0 fully saturated rings. The van der Waals surface area contributed by atoms with Crippen molar-refractivity contribution in [1.82, 2.24) is 0 Å². The number of nitrogens with one attached hydrogen (secondary N) is 1. The summed E-state index contributed by atoms with van der Waals surface area (Å²) < 4.78 is 0. The number of amides is 1. The second kappa shape index (κ2) is 10.7. The lowest BCUT2D eigenvalue weighted by Gasteiger charge is -2.21. The number of aryl methyl sites for hydroxylation is 1. The van der Waals surface area contributed by atoms with Crippen LogP contribution in [0.25, 0.3) is 0 Å². The minimum Gasteiger partial charge on any atom is -0.372 e. The van der Waals surface area contributed by atoms with Crippen molar-refractivity contribution < 1.29 is 9.59 Å². The van der Waals surface area contributed by atoms with Gasteiger partial charge in [-0.15, -0.1) is 0 Å². The molecule has 32 heavy (non-hydrogen) atoms. The first-order chi connectivity index (χ1) is 15.4. The summed E-state index contributed by atoms with van der Waals surface area (Å²) in [6.07, 6.45) is 0. The summed E-state index contributed by atoms with van der Waals surface area (Å²) in [7, 11) is 0. The molecule has 3 aromatic carbocycles. The third-order valence-electron chi connectivity index (χ3n) is 5.13. The number of Topliss-reactive ketones (excluding diaryl/α,β-unsaturated/α-hetero) is 1. The Morgan fingerprint density at radius 2 is 1.59 bits per heavy atom. The first-order valence-corrected chi connectivity index (χ1v) is 10.9. The van der Waals surface area contributed by atoms with Crippen LogP contribution in [0.15, 0.2) is 77.8 Å². The maximum absolute atomic E-state index is 13.2. The van der Waals surface area contributed by atoms with E-state index in [4.69, 9.17) is 11.6 Å². The Bertz CT molecular complexity index is 1140. The Balaban J connectivity index is 2.02. The average molecular weight is 448 g/mol. The molecule has 0 aliphatic carbocycles. The fourth-order valence-corrected chi connectivity index (χ4v) is 3.53. The molecule has 1 N–H and O–H groups in total. The number of benzene rings is 3. The zero-order valence-electron chi connectivity index (χ0n) is 18.4.